The first-order chi connectivity index (χ1) is 6.50. The molecule has 1 aromatic rings. The van der Waals surface area contributed by atoms with Crippen molar-refractivity contribution in [3.05, 3.63) is 17.7 Å². The van der Waals surface area contributed by atoms with E-state index in [4.69, 9.17) is 10.8 Å². The van der Waals surface area contributed by atoms with Crippen LogP contribution in [0.4, 0.5) is 0 Å². The Morgan fingerprint density at radius 3 is 2.14 bits per heavy atom. The van der Waals surface area contributed by atoms with Gasteiger partial charge in [-0.2, -0.15) is 0 Å². The van der Waals surface area contributed by atoms with Crippen molar-refractivity contribution in [2.24, 2.45) is 5.73 Å². The molecular formula is C10H15NO3. The molecule has 1 rings (SSSR count). The van der Waals surface area contributed by atoms with E-state index in [1.165, 1.54) is 12.1 Å². The smallest absolute Gasteiger partial charge is 0.126 e. The summed E-state index contributed by atoms with van der Waals surface area (Å²) in [6, 6.07) is 2.43. The van der Waals surface area contributed by atoms with E-state index in [1.807, 2.05) is 6.92 Å². The highest BCUT2D eigenvalue weighted by Crippen LogP contribution is 2.32. The van der Waals surface area contributed by atoms with Gasteiger partial charge in [0.2, 0.25) is 0 Å². The summed E-state index contributed by atoms with van der Waals surface area (Å²) >= 11 is 0. The molecule has 4 nitrogen and oxygen atoms in total. The SMILES string of the molecule is C[C@H](N)CCc1c(O)cc(O)cc1O. The van der Waals surface area contributed by atoms with Gasteiger partial charge in [0.1, 0.15) is 17.2 Å². The third-order valence-electron chi connectivity index (χ3n) is 2.04. The second-order valence-electron chi connectivity index (χ2n) is 3.48. The predicted molar refractivity (Wildman–Crippen MR) is 53.4 cm³/mol. The van der Waals surface area contributed by atoms with Crippen molar-refractivity contribution in [2.45, 2.75) is 25.8 Å². The van der Waals surface area contributed by atoms with Gasteiger partial charge in [0.15, 0.2) is 0 Å². The first kappa shape index (κ1) is 10.7. The topological polar surface area (TPSA) is 86.7 Å². The summed E-state index contributed by atoms with van der Waals surface area (Å²) in [7, 11) is 0. The lowest BCUT2D eigenvalue weighted by atomic mass is 10.0. The van der Waals surface area contributed by atoms with Gasteiger partial charge < -0.3 is 21.1 Å². The first-order valence-corrected chi connectivity index (χ1v) is 4.50. The molecule has 0 aliphatic heterocycles. The Morgan fingerprint density at radius 2 is 1.71 bits per heavy atom. The van der Waals surface area contributed by atoms with Crippen molar-refractivity contribution < 1.29 is 15.3 Å². The first-order valence-electron chi connectivity index (χ1n) is 4.50. The number of rotatable bonds is 3. The van der Waals surface area contributed by atoms with Crippen molar-refractivity contribution in [3.8, 4) is 17.2 Å². The molecule has 0 unspecified atom stereocenters. The molecule has 0 spiro atoms. The maximum absolute atomic E-state index is 9.42. The molecule has 0 aliphatic carbocycles. The summed E-state index contributed by atoms with van der Waals surface area (Å²) in [5, 5.41) is 27.9. The molecule has 0 aromatic heterocycles. The summed E-state index contributed by atoms with van der Waals surface area (Å²) in [4.78, 5) is 0. The van der Waals surface area contributed by atoms with Crippen molar-refractivity contribution in [2.75, 3.05) is 0 Å². The second-order valence-corrected chi connectivity index (χ2v) is 3.48. The van der Waals surface area contributed by atoms with E-state index in [9.17, 15) is 10.2 Å². The van der Waals surface area contributed by atoms with Crippen LogP contribution >= 0.6 is 0 Å². The predicted octanol–water partition coefficient (Wildman–Crippen LogP) is 1.08. The van der Waals surface area contributed by atoms with Gasteiger partial charge in [-0.3, -0.25) is 0 Å². The largest absolute Gasteiger partial charge is 0.508 e. The quantitative estimate of drug-likeness (QED) is 0.584. The zero-order valence-electron chi connectivity index (χ0n) is 8.07. The van der Waals surface area contributed by atoms with Crippen LogP contribution in [-0.2, 0) is 6.42 Å². The van der Waals surface area contributed by atoms with Crippen LogP contribution in [0.3, 0.4) is 0 Å². The minimum Gasteiger partial charge on any atom is -0.508 e. The fourth-order valence-electron chi connectivity index (χ4n) is 1.26. The second kappa shape index (κ2) is 4.19. The molecule has 0 amide bonds. The summed E-state index contributed by atoms with van der Waals surface area (Å²) in [6.45, 7) is 1.86. The number of hydrogen-bond acceptors (Lipinski definition) is 4. The van der Waals surface area contributed by atoms with E-state index in [1.54, 1.807) is 0 Å². The lowest BCUT2D eigenvalue weighted by Gasteiger charge is -2.09. The Morgan fingerprint density at radius 1 is 1.21 bits per heavy atom. The molecule has 0 heterocycles. The molecule has 0 bridgehead atoms. The van der Waals surface area contributed by atoms with Gasteiger partial charge in [0.05, 0.1) is 0 Å². The number of aromatic hydroxyl groups is 3. The van der Waals surface area contributed by atoms with Crippen molar-refractivity contribution in [1.82, 2.24) is 0 Å². The summed E-state index contributed by atoms with van der Waals surface area (Å²) in [6.07, 6.45) is 1.17. The van der Waals surface area contributed by atoms with E-state index in [0.29, 0.717) is 18.4 Å². The van der Waals surface area contributed by atoms with Crippen molar-refractivity contribution in [1.29, 1.82) is 0 Å². The van der Waals surface area contributed by atoms with Crippen LogP contribution in [0, 0.1) is 0 Å². The standard InChI is InChI=1S/C10H15NO3/c1-6(11)2-3-8-9(13)4-7(12)5-10(8)14/h4-6,12-14H,2-3,11H2,1H3/t6-/m0/s1. The Labute approximate surface area is 82.6 Å². The zero-order chi connectivity index (χ0) is 10.7. The number of nitrogens with two attached hydrogens (primary N) is 1. The van der Waals surface area contributed by atoms with Crippen molar-refractivity contribution in [3.63, 3.8) is 0 Å². The Balaban J connectivity index is 2.86. The normalized spacial score (nSPS) is 12.7. The van der Waals surface area contributed by atoms with Crippen molar-refractivity contribution >= 4 is 0 Å². The summed E-state index contributed by atoms with van der Waals surface area (Å²) < 4.78 is 0. The number of hydrogen-bond donors (Lipinski definition) is 4. The van der Waals surface area contributed by atoms with Crippen LogP contribution in [0.15, 0.2) is 12.1 Å². The van der Waals surface area contributed by atoms with E-state index < -0.39 is 0 Å². The molecule has 14 heavy (non-hydrogen) atoms. The molecule has 4 heteroatoms. The number of phenolic OH excluding ortho intramolecular Hbond substituents is 3. The average Bonchev–Trinajstić information content (AvgIpc) is 2.01. The minimum absolute atomic E-state index is 0.0163. The molecule has 1 atom stereocenters. The van der Waals surface area contributed by atoms with Crippen LogP contribution in [0.25, 0.3) is 0 Å². The van der Waals surface area contributed by atoms with Gasteiger partial charge in [-0.25, -0.2) is 0 Å². The lowest BCUT2D eigenvalue weighted by Crippen LogP contribution is -2.15. The van der Waals surface area contributed by atoms with E-state index in [0.717, 1.165) is 0 Å². The molecule has 1 aromatic carbocycles. The highest BCUT2D eigenvalue weighted by molar-refractivity contribution is 5.48. The number of benzene rings is 1. The van der Waals surface area contributed by atoms with Gasteiger partial charge in [0, 0.05) is 23.7 Å². The third-order valence-corrected chi connectivity index (χ3v) is 2.04. The van der Waals surface area contributed by atoms with E-state index in [-0.39, 0.29) is 23.3 Å². The third kappa shape index (κ3) is 2.53. The lowest BCUT2D eigenvalue weighted by molar-refractivity contribution is 0.417. The van der Waals surface area contributed by atoms with Crippen LogP contribution in [0.2, 0.25) is 0 Å². The molecule has 0 radical (unpaired) electrons. The Bertz CT molecular complexity index is 300. The highest BCUT2D eigenvalue weighted by Gasteiger charge is 2.09. The highest BCUT2D eigenvalue weighted by atomic mass is 16.3. The van der Waals surface area contributed by atoms with Gasteiger partial charge in [-0.05, 0) is 19.8 Å². The van der Waals surface area contributed by atoms with Crippen LogP contribution in [-0.4, -0.2) is 21.4 Å². The minimum atomic E-state index is -0.149. The molecule has 0 aliphatic rings. The van der Waals surface area contributed by atoms with E-state index in [2.05, 4.69) is 0 Å². The average molecular weight is 197 g/mol. The van der Waals surface area contributed by atoms with Crippen LogP contribution in [0.1, 0.15) is 18.9 Å². The molecule has 0 saturated carbocycles. The molecule has 0 fully saturated rings. The van der Waals surface area contributed by atoms with Gasteiger partial charge in [0.25, 0.3) is 0 Å². The van der Waals surface area contributed by atoms with Crippen LogP contribution in [0.5, 0.6) is 17.2 Å². The Kier molecular flexibility index (Phi) is 3.19. The molecule has 0 saturated heterocycles. The van der Waals surface area contributed by atoms with Crippen LogP contribution < -0.4 is 5.73 Å². The zero-order valence-corrected chi connectivity index (χ0v) is 8.07. The van der Waals surface area contributed by atoms with Gasteiger partial charge in [-0.15, -0.1) is 0 Å². The van der Waals surface area contributed by atoms with Gasteiger partial charge in [-0.1, -0.05) is 0 Å². The summed E-state index contributed by atoms with van der Waals surface area (Å²) in [5.74, 6) is -0.337. The maximum atomic E-state index is 9.42. The van der Waals surface area contributed by atoms with Gasteiger partial charge >= 0.3 is 0 Å². The number of phenols is 3. The monoisotopic (exact) mass is 197 g/mol. The molecule has 78 valence electrons. The fraction of sp³-hybridized carbons (Fsp3) is 0.400. The Hall–Kier alpha value is -1.42. The maximum Gasteiger partial charge on any atom is 0.126 e. The fourth-order valence-corrected chi connectivity index (χ4v) is 1.26. The summed E-state index contributed by atoms with van der Waals surface area (Å²) in [5.41, 5.74) is 5.99. The molecular weight excluding hydrogens is 182 g/mol. The molecule has 5 N–H and O–H groups in total. The van der Waals surface area contributed by atoms with E-state index >= 15 is 0 Å².